The highest BCUT2D eigenvalue weighted by atomic mass is 32.2. The third-order valence-electron chi connectivity index (χ3n) is 9.27. The molecule has 0 aromatic heterocycles. The second-order valence-corrected chi connectivity index (χ2v) is 15.5. The van der Waals surface area contributed by atoms with Crippen LogP contribution in [0.2, 0.25) is 0 Å². The Bertz CT molecular complexity index is 971. The average molecular weight is 473 g/mol. The summed E-state index contributed by atoms with van der Waals surface area (Å²) in [4.78, 5) is 0. The Kier molecular flexibility index (Phi) is 6.68. The number of hydrogen-bond acceptors (Lipinski definition) is 3. The third kappa shape index (κ3) is 4.59. The van der Waals surface area contributed by atoms with E-state index >= 15 is 0 Å². The van der Waals surface area contributed by atoms with Gasteiger partial charge < -0.3 is 5.11 Å². The van der Waals surface area contributed by atoms with Crippen LogP contribution in [0.5, 0.6) is 0 Å². The van der Waals surface area contributed by atoms with Crippen LogP contribution in [-0.4, -0.2) is 29.1 Å². The largest absolute Gasteiger partial charge is 0.393 e. The molecule has 4 heteroatoms. The van der Waals surface area contributed by atoms with Gasteiger partial charge in [0, 0.05) is 0 Å². The van der Waals surface area contributed by atoms with Gasteiger partial charge in [-0.1, -0.05) is 49.0 Å². The van der Waals surface area contributed by atoms with E-state index in [4.69, 9.17) is 0 Å². The standard InChI is InChI=1S/C29H44O3S/c1-21-10-14-25(30)20-23(21)12-11-22-8-6-16-28(5)24(13-15-26(22)28)9-7-17-29(18-19-29)33(31,32)27(2,3)4/h7,11-12,17,24-26,30H,1,6,8-10,13-16,18-20H2,2-5H3/b17-7+,22-11+,23-12-/t24?,25?,26-,28+/m0/s1. The molecule has 0 aromatic carbocycles. The lowest BCUT2D eigenvalue weighted by Crippen LogP contribution is -2.37. The molecule has 4 aliphatic carbocycles. The zero-order chi connectivity index (χ0) is 24.1. The molecule has 4 atom stereocenters. The second-order valence-electron chi connectivity index (χ2n) is 12.4. The molecule has 0 radical (unpaired) electrons. The fourth-order valence-corrected chi connectivity index (χ4v) is 8.97. The van der Waals surface area contributed by atoms with E-state index in [2.05, 4.69) is 31.7 Å². The van der Waals surface area contributed by atoms with E-state index in [1.165, 1.54) is 43.3 Å². The lowest BCUT2D eigenvalue weighted by molar-refractivity contribution is 0.137. The monoisotopic (exact) mass is 472 g/mol. The molecule has 0 heterocycles. The average Bonchev–Trinajstić information content (AvgIpc) is 3.45. The Balaban J connectivity index is 1.46. The molecule has 184 valence electrons. The minimum absolute atomic E-state index is 0.226. The van der Waals surface area contributed by atoms with Crippen molar-refractivity contribution in [2.75, 3.05) is 0 Å². The maximum Gasteiger partial charge on any atom is 0.164 e. The van der Waals surface area contributed by atoms with Crippen LogP contribution >= 0.6 is 0 Å². The molecule has 0 saturated heterocycles. The zero-order valence-corrected chi connectivity index (χ0v) is 22.0. The molecule has 0 amide bonds. The summed E-state index contributed by atoms with van der Waals surface area (Å²) in [7, 11) is -3.16. The summed E-state index contributed by atoms with van der Waals surface area (Å²) in [5.41, 5.74) is 4.28. The van der Waals surface area contributed by atoms with Gasteiger partial charge in [0.25, 0.3) is 0 Å². The molecular formula is C29H44O3S. The first kappa shape index (κ1) is 25.0. The van der Waals surface area contributed by atoms with Gasteiger partial charge in [-0.3, -0.25) is 0 Å². The van der Waals surface area contributed by atoms with Crippen molar-refractivity contribution in [2.45, 2.75) is 114 Å². The first-order chi connectivity index (χ1) is 15.4. The molecule has 4 saturated carbocycles. The van der Waals surface area contributed by atoms with Crippen LogP contribution in [0.4, 0.5) is 0 Å². The molecule has 0 bridgehead atoms. The summed E-state index contributed by atoms with van der Waals surface area (Å²) in [5, 5.41) is 10.1. The van der Waals surface area contributed by atoms with Gasteiger partial charge in [0.1, 0.15) is 0 Å². The molecule has 0 aromatic rings. The van der Waals surface area contributed by atoms with Crippen molar-refractivity contribution in [1.29, 1.82) is 0 Å². The number of hydrogen-bond donors (Lipinski definition) is 1. The van der Waals surface area contributed by atoms with Crippen molar-refractivity contribution in [1.82, 2.24) is 0 Å². The normalized spacial score (nSPS) is 37.1. The molecule has 3 nitrogen and oxygen atoms in total. The summed E-state index contributed by atoms with van der Waals surface area (Å²) in [6.07, 6.45) is 19.8. The number of sulfone groups is 1. The van der Waals surface area contributed by atoms with E-state index in [9.17, 15) is 13.5 Å². The van der Waals surface area contributed by atoms with E-state index in [-0.39, 0.29) is 6.10 Å². The van der Waals surface area contributed by atoms with E-state index in [0.29, 0.717) is 17.3 Å². The molecule has 0 aliphatic heterocycles. The molecule has 33 heavy (non-hydrogen) atoms. The minimum Gasteiger partial charge on any atom is -0.393 e. The van der Waals surface area contributed by atoms with E-state index < -0.39 is 19.3 Å². The maximum atomic E-state index is 13.1. The smallest absolute Gasteiger partial charge is 0.164 e. The van der Waals surface area contributed by atoms with Crippen LogP contribution in [0, 0.1) is 17.3 Å². The summed E-state index contributed by atoms with van der Waals surface area (Å²) in [6.45, 7) is 12.2. The van der Waals surface area contributed by atoms with Gasteiger partial charge in [0.15, 0.2) is 9.84 Å². The third-order valence-corrected chi connectivity index (χ3v) is 12.5. The first-order valence-corrected chi connectivity index (χ1v) is 14.6. The number of aliphatic hydroxyl groups excluding tert-OH is 1. The first-order valence-electron chi connectivity index (χ1n) is 13.1. The predicted molar refractivity (Wildman–Crippen MR) is 138 cm³/mol. The Hall–Kier alpha value is -1.13. The van der Waals surface area contributed by atoms with E-state index in [1.807, 2.05) is 26.8 Å². The predicted octanol–water partition coefficient (Wildman–Crippen LogP) is 6.85. The van der Waals surface area contributed by atoms with Crippen LogP contribution in [0.25, 0.3) is 0 Å². The van der Waals surface area contributed by atoms with Gasteiger partial charge >= 0.3 is 0 Å². The van der Waals surface area contributed by atoms with Crippen LogP contribution in [-0.2, 0) is 9.84 Å². The Labute approximate surface area is 202 Å². The number of allylic oxidation sites excluding steroid dienone is 5. The molecule has 0 spiro atoms. The van der Waals surface area contributed by atoms with Gasteiger partial charge in [-0.2, -0.15) is 0 Å². The van der Waals surface area contributed by atoms with Crippen LogP contribution in [0.3, 0.4) is 0 Å². The van der Waals surface area contributed by atoms with Gasteiger partial charge in [-0.25, -0.2) is 8.42 Å². The second kappa shape index (κ2) is 8.82. The Morgan fingerprint density at radius 3 is 2.48 bits per heavy atom. The summed E-state index contributed by atoms with van der Waals surface area (Å²) >= 11 is 0. The minimum atomic E-state index is -3.16. The van der Waals surface area contributed by atoms with Crippen LogP contribution < -0.4 is 0 Å². The zero-order valence-electron chi connectivity index (χ0n) is 21.2. The lowest BCUT2D eigenvalue weighted by Gasteiger charge is -2.42. The van der Waals surface area contributed by atoms with Gasteiger partial charge in [-0.05, 0) is 114 Å². The van der Waals surface area contributed by atoms with Crippen LogP contribution in [0.1, 0.15) is 98.3 Å². The van der Waals surface area contributed by atoms with E-state index in [0.717, 1.165) is 38.5 Å². The summed E-state index contributed by atoms with van der Waals surface area (Å²) in [5.74, 6) is 1.24. The number of rotatable bonds is 5. The SMILES string of the molecule is C=C1CCC(O)C/C1=C/C=C1\CCC[C@]2(C)C(C/C=C/C3(S(=O)(=O)C(C)(C)C)CC3)CC[C@@H]12. The Morgan fingerprint density at radius 1 is 1.09 bits per heavy atom. The van der Waals surface area contributed by atoms with Crippen molar-refractivity contribution in [3.8, 4) is 0 Å². The molecule has 1 N–H and O–H groups in total. The van der Waals surface area contributed by atoms with Gasteiger partial charge in [0.05, 0.1) is 15.6 Å². The number of aliphatic hydroxyl groups is 1. The van der Waals surface area contributed by atoms with Crippen molar-refractivity contribution in [2.24, 2.45) is 17.3 Å². The highest BCUT2D eigenvalue weighted by molar-refractivity contribution is 7.94. The van der Waals surface area contributed by atoms with Gasteiger partial charge in [-0.15, -0.1) is 0 Å². The quantitative estimate of drug-likeness (QED) is 0.445. The van der Waals surface area contributed by atoms with Crippen molar-refractivity contribution < 1.29 is 13.5 Å². The fourth-order valence-electron chi connectivity index (χ4n) is 6.83. The molecular weight excluding hydrogens is 428 g/mol. The van der Waals surface area contributed by atoms with Gasteiger partial charge in [0.2, 0.25) is 0 Å². The highest BCUT2D eigenvalue weighted by Gasteiger charge is 2.56. The van der Waals surface area contributed by atoms with Crippen molar-refractivity contribution in [3.63, 3.8) is 0 Å². The number of fused-ring (bicyclic) bond motifs is 1. The van der Waals surface area contributed by atoms with Crippen LogP contribution in [0.15, 0.2) is 47.6 Å². The highest BCUT2D eigenvalue weighted by Crippen LogP contribution is 2.58. The maximum absolute atomic E-state index is 13.1. The molecule has 4 rings (SSSR count). The fraction of sp³-hybridized carbons (Fsp3) is 0.724. The summed E-state index contributed by atoms with van der Waals surface area (Å²) in [6, 6.07) is 0. The molecule has 4 aliphatic rings. The summed E-state index contributed by atoms with van der Waals surface area (Å²) < 4.78 is 24.8. The van der Waals surface area contributed by atoms with Crippen molar-refractivity contribution >= 4 is 9.84 Å². The molecule has 2 unspecified atom stereocenters. The Morgan fingerprint density at radius 2 is 1.82 bits per heavy atom. The van der Waals surface area contributed by atoms with E-state index in [1.54, 1.807) is 5.57 Å². The molecule has 4 fully saturated rings. The topological polar surface area (TPSA) is 54.4 Å². The lowest BCUT2D eigenvalue weighted by atomic mass is 9.63. The van der Waals surface area contributed by atoms with Crippen molar-refractivity contribution in [3.05, 3.63) is 47.6 Å².